The monoisotopic (exact) mass is 305 g/mol. The zero-order valence-electron chi connectivity index (χ0n) is 12.2. The molecule has 0 atom stereocenters. The summed E-state index contributed by atoms with van der Waals surface area (Å²) in [4.78, 5) is 8.75. The zero-order valence-corrected chi connectivity index (χ0v) is 13.0. The van der Waals surface area contributed by atoms with E-state index in [1.165, 1.54) is 31.5 Å². The fraction of sp³-hybridized carbons (Fsp3) is 0.500. The van der Waals surface area contributed by atoms with Crippen LogP contribution in [0.2, 0.25) is 0 Å². The number of pyridine rings is 1. The van der Waals surface area contributed by atoms with Crippen LogP contribution in [-0.4, -0.2) is 9.97 Å². The van der Waals surface area contributed by atoms with E-state index in [0.29, 0.717) is 5.69 Å². The predicted molar refractivity (Wildman–Crippen MR) is 83.4 cm³/mol. The Hall–Kier alpha value is -1.33. The van der Waals surface area contributed by atoms with Crippen LogP contribution in [0.15, 0.2) is 23.7 Å². The molecule has 0 radical (unpaired) electrons. The van der Waals surface area contributed by atoms with Crippen LogP contribution in [-0.2, 0) is 5.54 Å². The Morgan fingerprint density at radius 3 is 2.71 bits per heavy atom. The van der Waals surface area contributed by atoms with E-state index in [-0.39, 0.29) is 11.4 Å². The molecule has 0 saturated heterocycles. The molecule has 2 aromatic heterocycles. The Kier molecular flexibility index (Phi) is 4.04. The summed E-state index contributed by atoms with van der Waals surface area (Å²) in [6.07, 6.45) is 6.80. The van der Waals surface area contributed by atoms with E-state index < -0.39 is 0 Å². The molecular weight excluding hydrogens is 285 g/mol. The molecule has 3 rings (SSSR count). The van der Waals surface area contributed by atoms with Gasteiger partial charge in [-0.15, -0.1) is 11.3 Å². The van der Waals surface area contributed by atoms with Gasteiger partial charge in [0.25, 0.3) is 0 Å². The molecule has 21 heavy (non-hydrogen) atoms. The van der Waals surface area contributed by atoms with Crippen LogP contribution in [0.3, 0.4) is 0 Å². The zero-order chi connectivity index (χ0) is 14.9. The lowest BCUT2D eigenvalue weighted by atomic mass is 9.76. The van der Waals surface area contributed by atoms with Crippen LogP contribution in [0.5, 0.6) is 0 Å². The number of aromatic nitrogens is 2. The van der Waals surface area contributed by atoms with E-state index in [0.717, 1.165) is 29.5 Å². The van der Waals surface area contributed by atoms with Crippen molar-refractivity contribution in [3.05, 3.63) is 34.5 Å². The molecule has 112 valence electrons. The summed E-state index contributed by atoms with van der Waals surface area (Å²) in [5.41, 5.74) is 7.77. The molecule has 0 spiro atoms. The maximum absolute atomic E-state index is 12.9. The highest BCUT2D eigenvalue weighted by Gasteiger charge is 2.35. The maximum atomic E-state index is 12.9. The van der Waals surface area contributed by atoms with Crippen molar-refractivity contribution in [3.63, 3.8) is 0 Å². The second-order valence-electron chi connectivity index (χ2n) is 5.91. The average molecular weight is 305 g/mol. The van der Waals surface area contributed by atoms with Gasteiger partial charge in [-0.3, -0.25) is 4.98 Å². The Balaban J connectivity index is 1.80. The van der Waals surface area contributed by atoms with Crippen LogP contribution >= 0.6 is 11.3 Å². The molecule has 1 fully saturated rings. The van der Waals surface area contributed by atoms with Gasteiger partial charge in [0.15, 0.2) is 0 Å². The van der Waals surface area contributed by atoms with E-state index in [1.54, 1.807) is 17.4 Å². The number of rotatable bonds is 3. The van der Waals surface area contributed by atoms with Crippen molar-refractivity contribution in [1.82, 2.24) is 9.97 Å². The summed E-state index contributed by atoms with van der Waals surface area (Å²) in [6.45, 7) is 2.25. The summed E-state index contributed by atoms with van der Waals surface area (Å²) in [5, 5.41) is 2.95. The van der Waals surface area contributed by atoms with Gasteiger partial charge in [-0.2, -0.15) is 0 Å². The molecule has 1 saturated carbocycles. The van der Waals surface area contributed by atoms with Gasteiger partial charge in [0, 0.05) is 5.38 Å². The van der Waals surface area contributed by atoms with Gasteiger partial charge in [-0.25, -0.2) is 9.37 Å². The van der Waals surface area contributed by atoms with E-state index >= 15 is 0 Å². The third-order valence-electron chi connectivity index (χ3n) is 4.49. The molecule has 3 nitrogen and oxygen atoms in total. The SMILES string of the molecule is CCC1CCC(N)(c2nc(-c3ccc(F)cn3)cs2)CC1. The third-order valence-corrected chi connectivity index (χ3v) is 5.56. The minimum absolute atomic E-state index is 0.297. The summed E-state index contributed by atoms with van der Waals surface area (Å²) in [6, 6.07) is 3.07. The standard InChI is InChI=1S/C16H20FN3S/c1-2-11-5-7-16(18,8-6-11)15-20-14(10-21-15)13-4-3-12(17)9-19-13/h3-4,9-11H,2,5-8,18H2,1H3. The van der Waals surface area contributed by atoms with Crippen LogP contribution in [0, 0.1) is 11.7 Å². The van der Waals surface area contributed by atoms with Gasteiger partial charge in [-0.1, -0.05) is 13.3 Å². The van der Waals surface area contributed by atoms with Crippen molar-refractivity contribution in [1.29, 1.82) is 0 Å². The predicted octanol–water partition coefficient (Wildman–Crippen LogP) is 4.10. The van der Waals surface area contributed by atoms with Gasteiger partial charge < -0.3 is 5.73 Å². The number of thiazole rings is 1. The Morgan fingerprint density at radius 1 is 1.33 bits per heavy atom. The van der Waals surface area contributed by atoms with Crippen LogP contribution in [0.1, 0.15) is 44.0 Å². The van der Waals surface area contributed by atoms with Gasteiger partial charge in [-0.05, 0) is 43.7 Å². The number of nitrogens with two attached hydrogens (primary N) is 1. The van der Waals surface area contributed by atoms with Crippen molar-refractivity contribution in [2.75, 3.05) is 0 Å². The van der Waals surface area contributed by atoms with Gasteiger partial charge >= 0.3 is 0 Å². The fourth-order valence-electron chi connectivity index (χ4n) is 2.96. The molecule has 0 bridgehead atoms. The highest BCUT2D eigenvalue weighted by Crippen LogP contribution is 2.40. The van der Waals surface area contributed by atoms with Gasteiger partial charge in [0.1, 0.15) is 10.8 Å². The smallest absolute Gasteiger partial charge is 0.141 e. The molecule has 2 aromatic rings. The minimum atomic E-state index is -0.331. The second-order valence-corrected chi connectivity index (χ2v) is 6.77. The molecule has 0 aliphatic heterocycles. The van der Waals surface area contributed by atoms with Crippen LogP contribution < -0.4 is 5.73 Å². The van der Waals surface area contributed by atoms with Gasteiger partial charge in [0.2, 0.25) is 0 Å². The summed E-state index contributed by atoms with van der Waals surface area (Å²) in [7, 11) is 0. The molecule has 1 aliphatic rings. The highest BCUT2D eigenvalue weighted by molar-refractivity contribution is 7.10. The molecule has 2 heterocycles. The summed E-state index contributed by atoms with van der Waals surface area (Å²) >= 11 is 1.59. The summed E-state index contributed by atoms with van der Waals surface area (Å²) < 4.78 is 12.9. The van der Waals surface area contributed by atoms with E-state index in [1.807, 2.05) is 5.38 Å². The molecule has 0 unspecified atom stereocenters. The first-order valence-corrected chi connectivity index (χ1v) is 8.35. The Morgan fingerprint density at radius 2 is 2.10 bits per heavy atom. The molecule has 5 heteroatoms. The van der Waals surface area contributed by atoms with Crippen molar-refractivity contribution in [2.24, 2.45) is 11.7 Å². The normalized spacial score (nSPS) is 26.0. The van der Waals surface area contributed by atoms with Crippen molar-refractivity contribution in [2.45, 2.75) is 44.6 Å². The van der Waals surface area contributed by atoms with E-state index in [9.17, 15) is 4.39 Å². The molecule has 2 N–H and O–H groups in total. The average Bonchev–Trinajstić information content (AvgIpc) is 2.99. The van der Waals surface area contributed by atoms with Gasteiger partial charge in [0.05, 0.1) is 23.1 Å². The lowest BCUT2D eigenvalue weighted by Gasteiger charge is -2.35. The largest absolute Gasteiger partial charge is 0.319 e. The van der Waals surface area contributed by atoms with Crippen molar-refractivity contribution >= 4 is 11.3 Å². The highest BCUT2D eigenvalue weighted by atomic mass is 32.1. The lowest BCUT2D eigenvalue weighted by Crippen LogP contribution is -2.40. The first-order chi connectivity index (χ1) is 10.1. The molecule has 0 amide bonds. The quantitative estimate of drug-likeness (QED) is 0.929. The molecular formula is C16H20FN3S. The topological polar surface area (TPSA) is 51.8 Å². The fourth-order valence-corrected chi connectivity index (χ4v) is 3.95. The van der Waals surface area contributed by atoms with Crippen molar-refractivity contribution < 1.29 is 4.39 Å². The maximum Gasteiger partial charge on any atom is 0.141 e. The number of halogens is 1. The minimum Gasteiger partial charge on any atom is -0.319 e. The van der Waals surface area contributed by atoms with Crippen LogP contribution in [0.25, 0.3) is 11.4 Å². The molecule has 0 aromatic carbocycles. The number of nitrogens with zero attached hydrogens (tertiary/aromatic N) is 2. The Labute approximate surface area is 128 Å². The van der Waals surface area contributed by atoms with E-state index in [4.69, 9.17) is 5.73 Å². The third kappa shape index (κ3) is 2.99. The first-order valence-electron chi connectivity index (χ1n) is 7.47. The number of hydrogen-bond donors (Lipinski definition) is 1. The van der Waals surface area contributed by atoms with Crippen molar-refractivity contribution in [3.8, 4) is 11.4 Å². The second kappa shape index (κ2) is 5.81. The summed E-state index contributed by atoms with van der Waals surface area (Å²) in [5.74, 6) is 0.474. The van der Waals surface area contributed by atoms with Crippen LogP contribution in [0.4, 0.5) is 4.39 Å². The van der Waals surface area contributed by atoms with E-state index in [2.05, 4.69) is 16.9 Å². The number of hydrogen-bond acceptors (Lipinski definition) is 4. The lowest BCUT2D eigenvalue weighted by molar-refractivity contribution is 0.231. The Bertz CT molecular complexity index is 600. The molecule has 1 aliphatic carbocycles. The first kappa shape index (κ1) is 14.6.